The minimum Gasteiger partial charge on any atom is -0.463 e. The molecule has 0 aliphatic heterocycles. The van der Waals surface area contributed by atoms with Gasteiger partial charge in [-0.1, -0.05) is 192 Å². The number of ketones is 1. The van der Waals surface area contributed by atoms with Gasteiger partial charge in [0.1, 0.15) is 0 Å². The summed E-state index contributed by atoms with van der Waals surface area (Å²) in [5, 5.41) is 11.4. The largest absolute Gasteiger partial charge is 0.463 e. The fraction of sp³-hybridized carbons (Fsp3) is 0.818. The Hall–Kier alpha value is -1.68. The number of unbranched alkanes of at least 4 members (excludes halogenated alkanes) is 23. The number of esters is 1. The molecule has 1 N–H and O–H groups in total. The number of hydrogen-bond acceptors (Lipinski definition) is 4. The third kappa shape index (κ3) is 29.3. The average molecular weight is 673 g/mol. The van der Waals surface area contributed by atoms with Crippen LogP contribution in [0.25, 0.3) is 0 Å². The molecule has 0 aromatic rings. The lowest BCUT2D eigenvalue weighted by atomic mass is 9.88. The highest BCUT2D eigenvalue weighted by atomic mass is 16.5. The molecule has 0 aliphatic rings. The van der Waals surface area contributed by atoms with Crippen LogP contribution in [0.4, 0.5) is 0 Å². The maximum Gasteiger partial charge on any atom is 0.345 e. The van der Waals surface area contributed by atoms with Crippen LogP contribution in [-0.4, -0.2) is 29.1 Å². The Morgan fingerprint density at radius 3 is 1.44 bits per heavy atom. The highest BCUT2D eigenvalue weighted by molar-refractivity contribution is 6.06. The number of allylic oxidation sites excluding steroid dienone is 6. The van der Waals surface area contributed by atoms with E-state index in [2.05, 4.69) is 57.2 Å². The lowest BCUT2D eigenvalue weighted by Crippen LogP contribution is -2.48. The first-order valence-electron chi connectivity index (χ1n) is 20.9. The molecule has 0 radical (unpaired) electrons. The van der Waals surface area contributed by atoms with Crippen molar-refractivity contribution < 1.29 is 19.4 Å². The van der Waals surface area contributed by atoms with Crippen molar-refractivity contribution in [1.82, 2.24) is 0 Å². The van der Waals surface area contributed by atoms with Crippen LogP contribution < -0.4 is 0 Å². The van der Waals surface area contributed by atoms with Crippen molar-refractivity contribution in [1.29, 1.82) is 0 Å². The molecule has 4 nitrogen and oxygen atoms in total. The Bertz CT molecular complexity index is 798. The van der Waals surface area contributed by atoms with Gasteiger partial charge in [-0.25, -0.2) is 4.79 Å². The lowest BCUT2D eigenvalue weighted by Gasteiger charge is -2.25. The molecule has 0 bridgehead atoms. The fourth-order valence-corrected chi connectivity index (χ4v) is 6.21. The van der Waals surface area contributed by atoms with E-state index in [0.29, 0.717) is 13.0 Å². The number of carbonyl (C=O) groups excluding carboxylic acids is 2. The van der Waals surface area contributed by atoms with Crippen LogP contribution in [0.15, 0.2) is 36.5 Å². The molecule has 0 aliphatic carbocycles. The van der Waals surface area contributed by atoms with Crippen molar-refractivity contribution in [2.75, 3.05) is 6.61 Å². The molecule has 0 spiro atoms. The minimum absolute atomic E-state index is 0.191. The van der Waals surface area contributed by atoms with Crippen molar-refractivity contribution in [3.05, 3.63) is 36.5 Å². The normalized spacial score (nSPS) is 13.2. The van der Waals surface area contributed by atoms with E-state index in [1.807, 2.05) is 0 Å². The smallest absolute Gasteiger partial charge is 0.345 e. The van der Waals surface area contributed by atoms with E-state index in [0.717, 1.165) is 89.9 Å². The van der Waals surface area contributed by atoms with E-state index in [9.17, 15) is 14.7 Å². The summed E-state index contributed by atoms with van der Waals surface area (Å²) in [7, 11) is 0. The van der Waals surface area contributed by atoms with Crippen molar-refractivity contribution >= 4 is 11.8 Å². The summed E-state index contributed by atoms with van der Waals surface area (Å²) in [6.07, 6.45) is 47.0. The first-order valence-corrected chi connectivity index (χ1v) is 20.9. The molecule has 1 atom stereocenters. The quantitative estimate of drug-likeness (QED) is 0.0309. The lowest BCUT2D eigenvalue weighted by molar-refractivity contribution is -0.171. The van der Waals surface area contributed by atoms with Crippen LogP contribution >= 0.6 is 0 Å². The van der Waals surface area contributed by atoms with E-state index < -0.39 is 11.6 Å². The zero-order valence-electron chi connectivity index (χ0n) is 32.3. The average Bonchev–Trinajstić information content (AvgIpc) is 3.09. The fourth-order valence-electron chi connectivity index (χ4n) is 6.21. The van der Waals surface area contributed by atoms with E-state index >= 15 is 0 Å². The Morgan fingerprint density at radius 1 is 0.500 bits per heavy atom. The summed E-state index contributed by atoms with van der Waals surface area (Å²) in [6.45, 7) is 6.91. The van der Waals surface area contributed by atoms with Gasteiger partial charge in [0.25, 0.3) is 0 Å². The van der Waals surface area contributed by atoms with E-state index in [1.165, 1.54) is 89.9 Å². The molecule has 0 rings (SSSR count). The topological polar surface area (TPSA) is 63.6 Å². The third-order valence-corrected chi connectivity index (χ3v) is 9.48. The van der Waals surface area contributed by atoms with Crippen molar-refractivity contribution in [2.24, 2.45) is 0 Å². The second-order valence-electron chi connectivity index (χ2n) is 14.1. The van der Waals surface area contributed by atoms with Gasteiger partial charge in [0.2, 0.25) is 5.60 Å². The van der Waals surface area contributed by atoms with Crippen LogP contribution in [0, 0.1) is 0 Å². The molecule has 1 unspecified atom stereocenters. The Balaban J connectivity index is 4.37. The Labute approximate surface area is 299 Å². The zero-order valence-corrected chi connectivity index (χ0v) is 32.3. The van der Waals surface area contributed by atoms with E-state index in [1.54, 1.807) is 0 Å². The van der Waals surface area contributed by atoms with E-state index in [4.69, 9.17) is 4.74 Å². The molecular weight excluding hydrogens is 592 g/mol. The summed E-state index contributed by atoms with van der Waals surface area (Å²) < 4.78 is 5.51. The standard InChI is InChI=1S/C44H80O4/c1-4-7-10-13-16-18-20-22-24-25-27-29-31-33-36-39-42(45)44(47,43(46)48-41-38-35-15-12-9-6-3)40-37-34-32-30-28-26-23-21-19-17-14-11-8-5-2/h7,10,16,18,22,24,47H,4-6,8-9,11-15,17,19-21,23,25-41H2,1-3H3/b10-7-,18-16-,24-22-. The number of Topliss-reactive ketones (excluding diaryl/α,β-unsaturated/α-hetero) is 1. The maximum absolute atomic E-state index is 13.2. The highest BCUT2D eigenvalue weighted by Crippen LogP contribution is 2.23. The van der Waals surface area contributed by atoms with Crippen LogP contribution in [-0.2, 0) is 14.3 Å². The molecule has 48 heavy (non-hydrogen) atoms. The summed E-state index contributed by atoms with van der Waals surface area (Å²) >= 11 is 0. The van der Waals surface area contributed by atoms with Gasteiger partial charge in [0.15, 0.2) is 5.78 Å². The first-order chi connectivity index (χ1) is 23.5. The Morgan fingerprint density at radius 2 is 0.917 bits per heavy atom. The molecular formula is C44H80O4. The van der Waals surface area contributed by atoms with Gasteiger partial charge in [0, 0.05) is 6.42 Å². The van der Waals surface area contributed by atoms with Crippen molar-refractivity contribution in [2.45, 2.75) is 225 Å². The number of rotatable bonds is 37. The van der Waals surface area contributed by atoms with Gasteiger partial charge in [-0.15, -0.1) is 0 Å². The molecule has 0 saturated carbocycles. The van der Waals surface area contributed by atoms with Gasteiger partial charge < -0.3 is 9.84 Å². The summed E-state index contributed by atoms with van der Waals surface area (Å²) in [6, 6.07) is 0. The van der Waals surface area contributed by atoms with Crippen LogP contribution in [0.1, 0.15) is 220 Å². The van der Waals surface area contributed by atoms with Gasteiger partial charge in [0.05, 0.1) is 6.61 Å². The third-order valence-electron chi connectivity index (χ3n) is 9.48. The number of hydrogen-bond donors (Lipinski definition) is 1. The zero-order chi connectivity index (χ0) is 35.2. The highest BCUT2D eigenvalue weighted by Gasteiger charge is 2.43. The van der Waals surface area contributed by atoms with Crippen LogP contribution in [0.3, 0.4) is 0 Å². The molecule has 0 aromatic heterocycles. The first kappa shape index (κ1) is 46.3. The predicted octanol–water partition coefficient (Wildman–Crippen LogP) is 13.7. The molecule has 4 heteroatoms. The molecule has 280 valence electrons. The molecule has 0 heterocycles. The second kappa shape index (κ2) is 36.6. The number of aliphatic hydroxyl groups is 1. The molecule has 0 saturated heterocycles. The monoisotopic (exact) mass is 673 g/mol. The van der Waals surface area contributed by atoms with Crippen molar-refractivity contribution in [3.63, 3.8) is 0 Å². The van der Waals surface area contributed by atoms with Gasteiger partial charge in [-0.3, -0.25) is 4.79 Å². The maximum atomic E-state index is 13.2. The van der Waals surface area contributed by atoms with Crippen LogP contribution in [0.5, 0.6) is 0 Å². The van der Waals surface area contributed by atoms with Gasteiger partial charge in [-0.2, -0.15) is 0 Å². The SMILES string of the molecule is CC/C=C\C/C=C\C/C=C\CCCCCCCC(=O)C(O)(CCCCCCCCCCCCCCCC)C(=O)OCCCCCCCC. The molecule has 0 aromatic carbocycles. The molecule has 0 fully saturated rings. The van der Waals surface area contributed by atoms with Crippen LogP contribution in [0.2, 0.25) is 0 Å². The van der Waals surface area contributed by atoms with Gasteiger partial charge in [-0.05, 0) is 57.8 Å². The number of carbonyl (C=O) groups is 2. The number of ether oxygens (including phenoxy) is 1. The minimum atomic E-state index is -1.98. The predicted molar refractivity (Wildman–Crippen MR) is 208 cm³/mol. The molecule has 0 amide bonds. The van der Waals surface area contributed by atoms with Gasteiger partial charge >= 0.3 is 5.97 Å². The van der Waals surface area contributed by atoms with E-state index in [-0.39, 0.29) is 18.6 Å². The Kier molecular flexibility index (Phi) is 35.3. The summed E-state index contributed by atoms with van der Waals surface area (Å²) in [4.78, 5) is 26.3. The summed E-state index contributed by atoms with van der Waals surface area (Å²) in [5.41, 5.74) is -1.98. The second-order valence-corrected chi connectivity index (χ2v) is 14.1. The van der Waals surface area contributed by atoms with Crippen molar-refractivity contribution in [3.8, 4) is 0 Å². The summed E-state index contributed by atoms with van der Waals surface area (Å²) in [5.74, 6) is -1.05.